The van der Waals surface area contributed by atoms with E-state index in [0.717, 1.165) is 12.8 Å². The maximum absolute atomic E-state index is 11.7. The Balaban J connectivity index is 2.42. The van der Waals surface area contributed by atoms with Gasteiger partial charge in [0.25, 0.3) is 5.91 Å². The minimum absolute atomic E-state index is 0.0380. The fourth-order valence-corrected chi connectivity index (χ4v) is 1.49. The quantitative estimate of drug-likeness (QED) is 0.680. The van der Waals surface area contributed by atoms with Gasteiger partial charge in [0.1, 0.15) is 5.82 Å². The number of carbonyl (C=O) groups is 1. The third-order valence-corrected chi connectivity index (χ3v) is 2.54. The molecule has 6 heteroatoms. The predicted octanol–water partition coefficient (Wildman–Crippen LogP) is 0.642. The summed E-state index contributed by atoms with van der Waals surface area (Å²) in [5.74, 6) is 0.515. The Kier molecular flexibility index (Phi) is 4.62. The van der Waals surface area contributed by atoms with Crippen molar-refractivity contribution in [2.75, 3.05) is 13.2 Å². The van der Waals surface area contributed by atoms with Crippen molar-refractivity contribution >= 4 is 5.91 Å². The highest BCUT2D eigenvalue weighted by atomic mass is 16.2. The molecule has 1 aromatic rings. The van der Waals surface area contributed by atoms with Crippen LogP contribution >= 0.6 is 0 Å². The Morgan fingerprint density at radius 2 is 2.24 bits per heavy atom. The van der Waals surface area contributed by atoms with Crippen molar-refractivity contribution in [1.29, 1.82) is 0 Å². The molecule has 1 heterocycles. The van der Waals surface area contributed by atoms with E-state index in [-0.39, 0.29) is 23.8 Å². The molecule has 0 radical (unpaired) electrons. The molecule has 3 N–H and O–H groups in total. The summed E-state index contributed by atoms with van der Waals surface area (Å²) in [6.07, 6.45) is 1.60. The van der Waals surface area contributed by atoms with Crippen LogP contribution in [0, 0.1) is 12.3 Å². The second-order valence-electron chi connectivity index (χ2n) is 4.92. The minimum atomic E-state index is -0.272. The summed E-state index contributed by atoms with van der Waals surface area (Å²) in [4.78, 5) is 15.6. The second kappa shape index (κ2) is 5.77. The molecular formula is C11H20N4O2. The van der Waals surface area contributed by atoms with E-state index >= 15 is 0 Å². The van der Waals surface area contributed by atoms with Crippen molar-refractivity contribution in [3.8, 4) is 0 Å². The first-order chi connectivity index (χ1) is 7.94. The molecule has 96 valence electrons. The highest BCUT2D eigenvalue weighted by Crippen LogP contribution is 2.20. The summed E-state index contributed by atoms with van der Waals surface area (Å²) < 4.78 is 0. The Hall–Kier alpha value is -1.43. The van der Waals surface area contributed by atoms with Gasteiger partial charge < -0.3 is 10.4 Å². The lowest BCUT2D eigenvalue weighted by Crippen LogP contribution is -2.34. The van der Waals surface area contributed by atoms with E-state index in [1.165, 1.54) is 0 Å². The number of rotatable bonds is 6. The van der Waals surface area contributed by atoms with Gasteiger partial charge in [-0.05, 0) is 25.2 Å². The average molecular weight is 240 g/mol. The molecule has 0 spiro atoms. The number of aromatic amines is 1. The Morgan fingerprint density at radius 3 is 2.76 bits per heavy atom. The zero-order valence-corrected chi connectivity index (χ0v) is 10.6. The molecule has 0 saturated carbocycles. The standard InChI is InChI=1S/C11H20N4O2/c1-8-13-9(15-14-8)10(17)12-7-11(2,3)5-4-6-16/h16H,4-7H2,1-3H3,(H,12,17)(H,13,14,15). The van der Waals surface area contributed by atoms with Crippen LogP contribution < -0.4 is 5.32 Å². The smallest absolute Gasteiger partial charge is 0.290 e. The number of hydrogen-bond donors (Lipinski definition) is 3. The predicted molar refractivity (Wildman–Crippen MR) is 63.6 cm³/mol. The number of aryl methyl sites for hydroxylation is 1. The van der Waals surface area contributed by atoms with Crippen LogP contribution in [0.1, 0.15) is 43.1 Å². The Labute approximate surface area is 101 Å². The molecule has 0 saturated heterocycles. The molecule has 0 aliphatic heterocycles. The molecule has 0 aliphatic carbocycles. The highest BCUT2D eigenvalue weighted by molar-refractivity contribution is 5.90. The lowest BCUT2D eigenvalue weighted by atomic mass is 9.88. The van der Waals surface area contributed by atoms with Crippen molar-refractivity contribution in [3.63, 3.8) is 0 Å². The largest absolute Gasteiger partial charge is 0.396 e. The van der Waals surface area contributed by atoms with E-state index in [1.54, 1.807) is 6.92 Å². The Morgan fingerprint density at radius 1 is 1.53 bits per heavy atom. The van der Waals surface area contributed by atoms with Crippen molar-refractivity contribution in [2.45, 2.75) is 33.6 Å². The molecule has 17 heavy (non-hydrogen) atoms. The summed E-state index contributed by atoms with van der Waals surface area (Å²) in [6, 6.07) is 0. The maximum Gasteiger partial charge on any atom is 0.290 e. The van der Waals surface area contributed by atoms with Crippen LogP contribution in [0.4, 0.5) is 0 Å². The molecule has 0 atom stereocenters. The van der Waals surface area contributed by atoms with Crippen LogP contribution in [0.25, 0.3) is 0 Å². The molecule has 6 nitrogen and oxygen atoms in total. The van der Waals surface area contributed by atoms with E-state index in [9.17, 15) is 4.79 Å². The molecule has 0 unspecified atom stereocenters. The third-order valence-electron chi connectivity index (χ3n) is 2.54. The van der Waals surface area contributed by atoms with Gasteiger partial charge in [-0.15, -0.1) is 5.10 Å². The van der Waals surface area contributed by atoms with E-state index < -0.39 is 0 Å². The van der Waals surface area contributed by atoms with E-state index in [4.69, 9.17) is 5.11 Å². The van der Waals surface area contributed by atoms with Crippen molar-refractivity contribution in [2.24, 2.45) is 5.41 Å². The van der Waals surface area contributed by atoms with Gasteiger partial charge in [0.05, 0.1) is 0 Å². The fourth-order valence-electron chi connectivity index (χ4n) is 1.49. The van der Waals surface area contributed by atoms with Gasteiger partial charge in [-0.1, -0.05) is 13.8 Å². The van der Waals surface area contributed by atoms with Gasteiger partial charge in [-0.2, -0.15) is 0 Å². The van der Waals surface area contributed by atoms with Gasteiger partial charge >= 0.3 is 0 Å². The SMILES string of the molecule is Cc1nc(C(=O)NCC(C)(C)CCCO)n[nH]1. The highest BCUT2D eigenvalue weighted by Gasteiger charge is 2.20. The van der Waals surface area contributed by atoms with Crippen molar-refractivity contribution < 1.29 is 9.90 Å². The average Bonchev–Trinajstić information content (AvgIpc) is 2.70. The Bertz CT molecular complexity index is 373. The van der Waals surface area contributed by atoms with E-state index in [2.05, 4.69) is 20.5 Å². The first-order valence-electron chi connectivity index (χ1n) is 5.73. The summed E-state index contributed by atoms with van der Waals surface area (Å²) in [6.45, 7) is 6.56. The van der Waals surface area contributed by atoms with E-state index in [0.29, 0.717) is 12.4 Å². The molecule has 0 fully saturated rings. The molecule has 0 aliphatic rings. The van der Waals surface area contributed by atoms with Crippen LogP contribution in [-0.4, -0.2) is 39.3 Å². The number of nitrogens with one attached hydrogen (secondary N) is 2. The first kappa shape index (κ1) is 13.6. The third kappa shape index (κ3) is 4.52. The molecule has 1 amide bonds. The van der Waals surface area contributed by atoms with Gasteiger partial charge in [-0.25, -0.2) is 4.98 Å². The van der Waals surface area contributed by atoms with Crippen LogP contribution in [0.5, 0.6) is 0 Å². The van der Waals surface area contributed by atoms with Crippen LogP contribution in [0.15, 0.2) is 0 Å². The lowest BCUT2D eigenvalue weighted by molar-refractivity contribution is 0.0923. The number of nitrogens with zero attached hydrogens (tertiary/aromatic N) is 2. The van der Waals surface area contributed by atoms with Crippen LogP contribution in [0.2, 0.25) is 0 Å². The summed E-state index contributed by atoms with van der Waals surface area (Å²) in [5, 5.41) is 18.0. The zero-order chi connectivity index (χ0) is 12.9. The maximum atomic E-state index is 11.7. The van der Waals surface area contributed by atoms with Crippen molar-refractivity contribution in [3.05, 3.63) is 11.6 Å². The summed E-state index contributed by atoms with van der Waals surface area (Å²) >= 11 is 0. The number of carbonyl (C=O) groups excluding carboxylic acids is 1. The van der Waals surface area contributed by atoms with Gasteiger partial charge in [-0.3, -0.25) is 9.89 Å². The fraction of sp³-hybridized carbons (Fsp3) is 0.727. The number of hydrogen-bond acceptors (Lipinski definition) is 4. The normalized spacial score (nSPS) is 11.5. The van der Waals surface area contributed by atoms with Crippen LogP contribution in [-0.2, 0) is 0 Å². The van der Waals surface area contributed by atoms with Gasteiger partial charge in [0, 0.05) is 13.2 Å². The van der Waals surface area contributed by atoms with Crippen molar-refractivity contribution in [1.82, 2.24) is 20.5 Å². The molecule has 0 bridgehead atoms. The lowest BCUT2D eigenvalue weighted by Gasteiger charge is -2.24. The van der Waals surface area contributed by atoms with E-state index in [1.807, 2.05) is 13.8 Å². The zero-order valence-electron chi connectivity index (χ0n) is 10.6. The topological polar surface area (TPSA) is 90.9 Å². The molecular weight excluding hydrogens is 220 g/mol. The molecule has 0 aromatic carbocycles. The number of aliphatic hydroxyl groups is 1. The van der Waals surface area contributed by atoms with Gasteiger partial charge in [0.15, 0.2) is 0 Å². The number of H-pyrrole nitrogens is 1. The second-order valence-corrected chi connectivity index (χ2v) is 4.92. The molecule has 1 rings (SSSR count). The molecule has 1 aromatic heterocycles. The summed E-state index contributed by atoms with van der Waals surface area (Å²) in [7, 11) is 0. The summed E-state index contributed by atoms with van der Waals surface area (Å²) in [5.41, 5.74) is -0.0380. The van der Waals surface area contributed by atoms with Crippen LogP contribution in [0.3, 0.4) is 0 Å². The van der Waals surface area contributed by atoms with Gasteiger partial charge in [0.2, 0.25) is 5.82 Å². The number of aromatic nitrogens is 3. The monoisotopic (exact) mass is 240 g/mol. The number of aliphatic hydroxyl groups excluding tert-OH is 1. The first-order valence-corrected chi connectivity index (χ1v) is 5.73. The number of amides is 1. The minimum Gasteiger partial charge on any atom is -0.396 e.